The maximum Gasteiger partial charge on any atom is 0.0599 e. The highest BCUT2D eigenvalue weighted by atomic mass is 16.5. The van der Waals surface area contributed by atoms with Gasteiger partial charge in [0.05, 0.1) is 6.10 Å². The van der Waals surface area contributed by atoms with Crippen LogP contribution in [-0.4, -0.2) is 49.8 Å². The first kappa shape index (κ1) is 15.3. The Kier molecular flexibility index (Phi) is 7.18. The zero-order valence-corrected chi connectivity index (χ0v) is 12.7. The number of likely N-dealkylation sites (tertiary alicyclic amines) is 1. The maximum absolute atomic E-state index is 6.00. The van der Waals surface area contributed by atoms with Crippen LogP contribution in [0.25, 0.3) is 0 Å². The van der Waals surface area contributed by atoms with Crippen LogP contribution in [0, 0.1) is 0 Å². The van der Waals surface area contributed by atoms with Gasteiger partial charge in [-0.15, -0.1) is 0 Å². The van der Waals surface area contributed by atoms with Gasteiger partial charge in [-0.3, -0.25) is 0 Å². The first-order valence-corrected chi connectivity index (χ1v) is 8.46. The highest BCUT2D eigenvalue weighted by Crippen LogP contribution is 2.21. The molecule has 0 aromatic carbocycles. The molecule has 3 nitrogen and oxygen atoms in total. The van der Waals surface area contributed by atoms with E-state index in [1.807, 2.05) is 0 Å². The summed E-state index contributed by atoms with van der Waals surface area (Å²) in [6, 6.07) is 0.859. The minimum absolute atomic E-state index is 0.522. The average Bonchev–Trinajstić information content (AvgIpc) is 2.47. The zero-order chi connectivity index (χ0) is 13.3. The third kappa shape index (κ3) is 5.41. The van der Waals surface area contributed by atoms with Gasteiger partial charge in [0.2, 0.25) is 0 Å². The fourth-order valence-corrected chi connectivity index (χ4v) is 3.49. The van der Waals surface area contributed by atoms with E-state index >= 15 is 0 Å². The number of nitrogens with zero attached hydrogens (tertiary/aromatic N) is 1. The van der Waals surface area contributed by atoms with Gasteiger partial charge in [-0.2, -0.15) is 0 Å². The van der Waals surface area contributed by atoms with Crippen LogP contribution < -0.4 is 5.32 Å². The lowest BCUT2D eigenvalue weighted by Gasteiger charge is -2.35. The molecule has 2 saturated heterocycles. The second-order valence-electron chi connectivity index (χ2n) is 6.15. The summed E-state index contributed by atoms with van der Waals surface area (Å²) in [6.07, 6.45) is 11.1. The molecule has 1 N–H and O–H groups in total. The topological polar surface area (TPSA) is 24.5 Å². The highest BCUT2D eigenvalue weighted by Gasteiger charge is 2.21. The number of hydrogen-bond acceptors (Lipinski definition) is 3. The maximum atomic E-state index is 6.00. The van der Waals surface area contributed by atoms with Crippen molar-refractivity contribution >= 4 is 0 Å². The molecule has 1 unspecified atom stereocenters. The molecule has 19 heavy (non-hydrogen) atoms. The Labute approximate surface area is 119 Å². The van der Waals surface area contributed by atoms with Crippen molar-refractivity contribution in [3.8, 4) is 0 Å². The van der Waals surface area contributed by atoms with Crippen molar-refractivity contribution in [2.45, 2.75) is 70.4 Å². The monoisotopic (exact) mass is 268 g/mol. The Hall–Kier alpha value is -0.120. The van der Waals surface area contributed by atoms with Crippen LogP contribution in [-0.2, 0) is 4.74 Å². The van der Waals surface area contributed by atoms with Gasteiger partial charge in [-0.05, 0) is 58.2 Å². The van der Waals surface area contributed by atoms with E-state index in [1.54, 1.807) is 0 Å². The van der Waals surface area contributed by atoms with E-state index in [1.165, 1.54) is 64.5 Å². The number of hydrogen-bond donors (Lipinski definition) is 1. The Morgan fingerprint density at radius 1 is 1.16 bits per heavy atom. The van der Waals surface area contributed by atoms with Crippen LogP contribution in [0.15, 0.2) is 0 Å². The molecule has 2 rings (SSSR count). The number of ether oxygens (including phenoxy) is 1. The molecule has 2 aliphatic rings. The third-order valence-electron chi connectivity index (χ3n) is 4.60. The van der Waals surface area contributed by atoms with Crippen molar-refractivity contribution < 1.29 is 4.74 Å². The van der Waals surface area contributed by atoms with Gasteiger partial charge in [0.15, 0.2) is 0 Å². The summed E-state index contributed by atoms with van der Waals surface area (Å²) in [5.74, 6) is 0. The van der Waals surface area contributed by atoms with Crippen molar-refractivity contribution in [2.75, 3.05) is 32.8 Å². The predicted octanol–water partition coefficient (Wildman–Crippen LogP) is 2.80. The zero-order valence-electron chi connectivity index (χ0n) is 12.7. The van der Waals surface area contributed by atoms with Crippen molar-refractivity contribution in [2.24, 2.45) is 0 Å². The van der Waals surface area contributed by atoms with E-state index in [0.717, 1.165) is 25.7 Å². The fraction of sp³-hybridized carbons (Fsp3) is 1.00. The summed E-state index contributed by atoms with van der Waals surface area (Å²) in [5, 5.41) is 3.39. The Morgan fingerprint density at radius 2 is 2.00 bits per heavy atom. The van der Waals surface area contributed by atoms with Gasteiger partial charge < -0.3 is 15.0 Å². The smallest absolute Gasteiger partial charge is 0.0599 e. The van der Waals surface area contributed by atoms with Crippen LogP contribution in [0.1, 0.15) is 58.3 Å². The largest absolute Gasteiger partial charge is 0.378 e. The molecule has 0 radical (unpaired) electrons. The second-order valence-corrected chi connectivity index (χ2v) is 6.15. The number of piperidine rings is 2. The van der Waals surface area contributed by atoms with Crippen LogP contribution in [0.5, 0.6) is 0 Å². The minimum atomic E-state index is 0.522. The molecule has 2 heterocycles. The quantitative estimate of drug-likeness (QED) is 0.719. The molecule has 112 valence electrons. The minimum Gasteiger partial charge on any atom is -0.378 e. The molecular weight excluding hydrogens is 236 g/mol. The molecular formula is C16H32N2O. The summed E-state index contributed by atoms with van der Waals surface area (Å²) < 4.78 is 6.00. The lowest BCUT2D eigenvalue weighted by Crippen LogP contribution is -2.40. The molecule has 0 saturated carbocycles. The van der Waals surface area contributed by atoms with Gasteiger partial charge >= 0.3 is 0 Å². The predicted molar refractivity (Wildman–Crippen MR) is 80.6 cm³/mol. The standard InChI is InChI=1S/C16H32N2O/c1-2-6-15-7-3-4-12-18(15)13-5-14-19-16-8-10-17-11-9-16/h15-17H,2-14H2,1H3. The van der Waals surface area contributed by atoms with Gasteiger partial charge in [0.1, 0.15) is 0 Å². The second kappa shape index (κ2) is 8.93. The van der Waals surface area contributed by atoms with E-state index in [-0.39, 0.29) is 0 Å². The summed E-state index contributed by atoms with van der Waals surface area (Å²) in [4.78, 5) is 2.72. The van der Waals surface area contributed by atoms with Crippen molar-refractivity contribution in [1.29, 1.82) is 0 Å². The van der Waals surface area contributed by atoms with Gasteiger partial charge in [0.25, 0.3) is 0 Å². The Morgan fingerprint density at radius 3 is 2.79 bits per heavy atom. The molecule has 3 heteroatoms. The van der Waals surface area contributed by atoms with Crippen molar-refractivity contribution in [3.63, 3.8) is 0 Å². The molecule has 0 aliphatic carbocycles. The first-order valence-electron chi connectivity index (χ1n) is 8.46. The van der Waals surface area contributed by atoms with Crippen LogP contribution in [0.4, 0.5) is 0 Å². The Balaban J connectivity index is 1.58. The van der Waals surface area contributed by atoms with Crippen LogP contribution >= 0.6 is 0 Å². The molecule has 1 atom stereocenters. The van der Waals surface area contributed by atoms with Gasteiger partial charge in [-0.1, -0.05) is 19.8 Å². The summed E-state index contributed by atoms with van der Waals surface area (Å²) in [7, 11) is 0. The third-order valence-corrected chi connectivity index (χ3v) is 4.60. The van der Waals surface area contributed by atoms with Gasteiger partial charge in [-0.25, -0.2) is 0 Å². The normalized spacial score (nSPS) is 26.7. The molecule has 2 aliphatic heterocycles. The van der Waals surface area contributed by atoms with Crippen molar-refractivity contribution in [1.82, 2.24) is 10.2 Å². The van der Waals surface area contributed by atoms with E-state index < -0.39 is 0 Å². The van der Waals surface area contributed by atoms with E-state index in [9.17, 15) is 0 Å². The fourth-order valence-electron chi connectivity index (χ4n) is 3.49. The van der Waals surface area contributed by atoms with E-state index in [2.05, 4.69) is 17.1 Å². The number of rotatable bonds is 7. The highest BCUT2D eigenvalue weighted by molar-refractivity contribution is 4.76. The molecule has 2 fully saturated rings. The summed E-state index contributed by atoms with van der Waals surface area (Å²) >= 11 is 0. The summed E-state index contributed by atoms with van der Waals surface area (Å²) in [5.41, 5.74) is 0. The Bertz CT molecular complexity index is 227. The van der Waals surface area contributed by atoms with Crippen LogP contribution in [0.3, 0.4) is 0 Å². The summed E-state index contributed by atoms with van der Waals surface area (Å²) in [6.45, 7) is 8.10. The number of nitrogens with one attached hydrogen (secondary N) is 1. The van der Waals surface area contributed by atoms with E-state index in [4.69, 9.17) is 4.74 Å². The average molecular weight is 268 g/mol. The molecule has 0 aromatic rings. The molecule has 0 amide bonds. The lowest BCUT2D eigenvalue weighted by molar-refractivity contribution is 0.0235. The molecule has 0 bridgehead atoms. The molecule has 0 spiro atoms. The van der Waals surface area contributed by atoms with Crippen LogP contribution in [0.2, 0.25) is 0 Å². The van der Waals surface area contributed by atoms with E-state index in [0.29, 0.717) is 6.10 Å². The first-order chi connectivity index (χ1) is 9.40. The lowest BCUT2D eigenvalue weighted by atomic mass is 9.98. The SMILES string of the molecule is CCCC1CCCCN1CCCOC1CCNCC1. The molecule has 0 aromatic heterocycles. The van der Waals surface area contributed by atoms with Crippen molar-refractivity contribution in [3.05, 3.63) is 0 Å². The van der Waals surface area contributed by atoms with Gasteiger partial charge in [0, 0.05) is 19.2 Å².